The van der Waals surface area contributed by atoms with Crippen LogP contribution in [0.5, 0.6) is 0 Å². The van der Waals surface area contributed by atoms with Gasteiger partial charge in [-0.05, 0) is 29.3 Å². The van der Waals surface area contributed by atoms with Crippen molar-refractivity contribution in [1.29, 1.82) is 0 Å². The van der Waals surface area contributed by atoms with Gasteiger partial charge in [-0.1, -0.05) is 55.1 Å². The lowest BCUT2D eigenvalue weighted by atomic mass is 10.1. The molecule has 0 amide bonds. The average molecular weight is 314 g/mol. The van der Waals surface area contributed by atoms with Crippen LogP contribution in [-0.2, 0) is 6.54 Å². The van der Waals surface area contributed by atoms with Crippen LogP contribution in [0.1, 0.15) is 10.5 Å². The van der Waals surface area contributed by atoms with E-state index < -0.39 is 5.97 Å². The number of aromatic nitrogens is 1. The molecule has 0 radical (unpaired) electrons. The Kier molecular flexibility index (Phi) is 5.02. The number of benzene rings is 1. The van der Waals surface area contributed by atoms with Crippen molar-refractivity contribution in [3.63, 3.8) is 0 Å². The summed E-state index contributed by atoms with van der Waals surface area (Å²) in [4.78, 5) is 11.7. The smallest absolute Gasteiger partial charge is 0.353 e. The maximum atomic E-state index is 11.7. The highest BCUT2D eigenvalue weighted by Crippen LogP contribution is 2.27. The Labute approximate surface area is 134 Å². The number of hydrogen-bond acceptors (Lipinski definition) is 1. The standard InChI is InChI=1S/C18H16ClNO2/c1-3-5-13(4-2)12-20-11-10-16(17(20)18(21)22)14-6-8-15(19)9-7-14/h3-11H,1-2,12H2,(H,21,22)/b13-5+. The highest BCUT2D eigenvalue weighted by atomic mass is 35.5. The summed E-state index contributed by atoms with van der Waals surface area (Å²) in [5, 5.41) is 10.2. The molecule has 1 heterocycles. The molecule has 1 aromatic heterocycles. The molecule has 3 nitrogen and oxygen atoms in total. The van der Waals surface area contributed by atoms with Gasteiger partial charge in [0, 0.05) is 23.3 Å². The van der Waals surface area contributed by atoms with E-state index in [4.69, 9.17) is 11.6 Å². The van der Waals surface area contributed by atoms with E-state index in [0.29, 0.717) is 17.1 Å². The molecule has 0 fully saturated rings. The van der Waals surface area contributed by atoms with Crippen molar-refractivity contribution in [1.82, 2.24) is 4.57 Å². The van der Waals surface area contributed by atoms with Crippen molar-refractivity contribution >= 4 is 17.6 Å². The molecule has 0 aliphatic carbocycles. The second-order valence-electron chi connectivity index (χ2n) is 4.70. The molecule has 2 aromatic rings. The van der Waals surface area contributed by atoms with Crippen LogP contribution in [0.3, 0.4) is 0 Å². The highest BCUT2D eigenvalue weighted by molar-refractivity contribution is 6.30. The topological polar surface area (TPSA) is 42.2 Å². The summed E-state index contributed by atoms with van der Waals surface area (Å²) in [6, 6.07) is 8.89. The fourth-order valence-corrected chi connectivity index (χ4v) is 2.36. The third-order valence-corrected chi connectivity index (χ3v) is 3.52. The fraction of sp³-hybridized carbons (Fsp3) is 0.0556. The van der Waals surface area contributed by atoms with Crippen molar-refractivity contribution in [2.24, 2.45) is 0 Å². The fourth-order valence-electron chi connectivity index (χ4n) is 2.24. The number of carboxylic acid groups (broad SMARTS) is 1. The minimum absolute atomic E-state index is 0.235. The first kappa shape index (κ1) is 15.9. The molecule has 0 atom stereocenters. The zero-order chi connectivity index (χ0) is 16.1. The van der Waals surface area contributed by atoms with Gasteiger partial charge in [0.15, 0.2) is 0 Å². The Balaban J connectivity index is 2.48. The van der Waals surface area contributed by atoms with Gasteiger partial charge in [-0.25, -0.2) is 4.79 Å². The van der Waals surface area contributed by atoms with Crippen LogP contribution in [0.2, 0.25) is 5.02 Å². The second-order valence-corrected chi connectivity index (χ2v) is 5.14. The number of carboxylic acids is 1. The van der Waals surface area contributed by atoms with E-state index in [0.717, 1.165) is 11.1 Å². The molecule has 4 heteroatoms. The minimum Gasteiger partial charge on any atom is -0.477 e. The lowest BCUT2D eigenvalue weighted by Gasteiger charge is -2.09. The first-order valence-electron chi connectivity index (χ1n) is 6.69. The largest absolute Gasteiger partial charge is 0.477 e. The molecule has 0 aliphatic heterocycles. The third kappa shape index (κ3) is 3.38. The molecule has 0 bridgehead atoms. The summed E-state index contributed by atoms with van der Waals surface area (Å²) < 4.78 is 1.68. The number of halogens is 1. The van der Waals surface area contributed by atoms with Crippen molar-refractivity contribution in [2.75, 3.05) is 0 Å². The van der Waals surface area contributed by atoms with Crippen LogP contribution in [0, 0.1) is 0 Å². The molecule has 2 rings (SSSR count). The van der Waals surface area contributed by atoms with Crippen LogP contribution in [0.25, 0.3) is 11.1 Å². The number of carbonyl (C=O) groups is 1. The molecular weight excluding hydrogens is 298 g/mol. The molecule has 22 heavy (non-hydrogen) atoms. The van der Waals surface area contributed by atoms with Gasteiger partial charge in [-0.3, -0.25) is 0 Å². The van der Waals surface area contributed by atoms with Crippen molar-refractivity contribution < 1.29 is 9.90 Å². The van der Waals surface area contributed by atoms with Crippen molar-refractivity contribution in [3.8, 4) is 11.1 Å². The molecule has 0 saturated carbocycles. The Morgan fingerprint density at radius 3 is 2.45 bits per heavy atom. The Bertz CT molecular complexity index is 739. The van der Waals surface area contributed by atoms with E-state index in [-0.39, 0.29) is 5.69 Å². The van der Waals surface area contributed by atoms with Gasteiger partial charge in [-0.15, -0.1) is 0 Å². The molecule has 1 aromatic carbocycles. The van der Waals surface area contributed by atoms with Crippen LogP contribution in [0.4, 0.5) is 0 Å². The molecule has 0 aliphatic rings. The maximum Gasteiger partial charge on any atom is 0.353 e. The van der Waals surface area contributed by atoms with Gasteiger partial charge < -0.3 is 9.67 Å². The van der Waals surface area contributed by atoms with Gasteiger partial charge in [-0.2, -0.15) is 0 Å². The van der Waals surface area contributed by atoms with Crippen LogP contribution >= 0.6 is 11.6 Å². The van der Waals surface area contributed by atoms with Gasteiger partial charge in [0.25, 0.3) is 0 Å². The minimum atomic E-state index is -0.975. The molecule has 1 N–H and O–H groups in total. The summed E-state index contributed by atoms with van der Waals surface area (Å²) in [6.45, 7) is 7.80. The summed E-state index contributed by atoms with van der Waals surface area (Å²) >= 11 is 5.88. The van der Waals surface area contributed by atoms with E-state index in [9.17, 15) is 9.90 Å². The molecule has 0 unspecified atom stereocenters. The summed E-state index contributed by atoms with van der Waals surface area (Å²) in [5.74, 6) is -0.975. The van der Waals surface area contributed by atoms with Gasteiger partial charge >= 0.3 is 5.97 Å². The zero-order valence-electron chi connectivity index (χ0n) is 12.0. The van der Waals surface area contributed by atoms with Gasteiger partial charge in [0.1, 0.15) is 5.69 Å². The van der Waals surface area contributed by atoms with E-state index in [1.807, 2.05) is 12.1 Å². The lowest BCUT2D eigenvalue weighted by Crippen LogP contribution is -2.10. The van der Waals surface area contributed by atoms with Crippen LogP contribution < -0.4 is 0 Å². The van der Waals surface area contributed by atoms with E-state index in [1.54, 1.807) is 47.2 Å². The lowest BCUT2D eigenvalue weighted by molar-refractivity contribution is 0.0686. The average Bonchev–Trinajstić information content (AvgIpc) is 2.91. The predicted molar refractivity (Wildman–Crippen MR) is 90.3 cm³/mol. The van der Waals surface area contributed by atoms with Crippen molar-refractivity contribution in [2.45, 2.75) is 6.54 Å². The Morgan fingerprint density at radius 1 is 1.23 bits per heavy atom. The molecule has 112 valence electrons. The Morgan fingerprint density at radius 2 is 1.91 bits per heavy atom. The van der Waals surface area contributed by atoms with E-state index in [1.165, 1.54) is 0 Å². The van der Waals surface area contributed by atoms with E-state index in [2.05, 4.69) is 13.2 Å². The highest BCUT2D eigenvalue weighted by Gasteiger charge is 2.17. The predicted octanol–water partition coefficient (Wildman–Crippen LogP) is 4.81. The number of rotatable bonds is 6. The summed E-state index contributed by atoms with van der Waals surface area (Å²) in [5.41, 5.74) is 2.59. The van der Waals surface area contributed by atoms with Gasteiger partial charge in [0.05, 0.1) is 0 Å². The molecular formula is C18H16ClNO2. The number of allylic oxidation sites excluding steroid dienone is 4. The van der Waals surface area contributed by atoms with Crippen LogP contribution in [0.15, 0.2) is 73.5 Å². The number of nitrogens with zero attached hydrogens (tertiary/aromatic N) is 1. The molecule has 0 saturated heterocycles. The monoisotopic (exact) mass is 313 g/mol. The number of hydrogen-bond donors (Lipinski definition) is 1. The maximum absolute atomic E-state index is 11.7. The van der Waals surface area contributed by atoms with Gasteiger partial charge in [0.2, 0.25) is 0 Å². The first-order valence-corrected chi connectivity index (χ1v) is 7.07. The third-order valence-electron chi connectivity index (χ3n) is 3.27. The summed E-state index contributed by atoms with van der Waals surface area (Å²) in [6.07, 6.45) is 6.91. The van der Waals surface area contributed by atoms with Crippen LogP contribution in [-0.4, -0.2) is 15.6 Å². The SMILES string of the molecule is C=C/C=C(\C=C)Cn1ccc(-c2ccc(Cl)cc2)c1C(=O)O. The van der Waals surface area contributed by atoms with Crippen molar-refractivity contribution in [3.05, 3.63) is 84.2 Å². The van der Waals surface area contributed by atoms with E-state index >= 15 is 0 Å². The first-order chi connectivity index (χ1) is 10.6. The zero-order valence-corrected chi connectivity index (χ0v) is 12.8. The normalized spacial score (nSPS) is 11.2. The second kappa shape index (κ2) is 6.96. The molecule has 0 spiro atoms. The Hall–Kier alpha value is -2.52. The quantitative estimate of drug-likeness (QED) is 0.778. The summed E-state index contributed by atoms with van der Waals surface area (Å²) in [7, 11) is 0. The number of aromatic carboxylic acids is 1.